The Balaban J connectivity index is 1.83. The Morgan fingerprint density at radius 3 is 2.39 bits per heavy atom. The summed E-state index contributed by atoms with van der Waals surface area (Å²) in [6.07, 6.45) is -0.725. The van der Waals surface area contributed by atoms with Gasteiger partial charge in [0.05, 0.1) is 4.90 Å². The van der Waals surface area contributed by atoms with Crippen LogP contribution in [-0.4, -0.2) is 61.8 Å². The maximum Gasteiger partial charge on any atom is 0.259 e. The molecule has 1 saturated heterocycles. The molecule has 0 saturated carbocycles. The minimum absolute atomic E-state index is 0.0441. The van der Waals surface area contributed by atoms with Crippen LogP contribution in [0.3, 0.4) is 0 Å². The lowest BCUT2D eigenvalue weighted by atomic mass is 10.1. The van der Waals surface area contributed by atoms with Crippen molar-refractivity contribution in [2.24, 2.45) is 5.73 Å². The van der Waals surface area contributed by atoms with Crippen molar-refractivity contribution >= 4 is 21.8 Å². The normalized spacial score (nSPS) is 17.0. The van der Waals surface area contributed by atoms with Crippen molar-refractivity contribution in [2.75, 3.05) is 26.2 Å². The van der Waals surface area contributed by atoms with E-state index in [0.29, 0.717) is 6.42 Å². The molecule has 1 aliphatic heterocycles. The molecule has 3 rings (SSSR count). The van der Waals surface area contributed by atoms with Gasteiger partial charge in [-0.2, -0.15) is 4.31 Å². The minimum Gasteiger partial charge on any atom is -0.352 e. The van der Waals surface area contributed by atoms with E-state index < -0.39 is 27.9 Å². The average molecular weight is 449 g/mol. The lowest BCUT2D eigenvalue weighted by molar-refractivity contribution is -0.140. The van der Waals surface area contributed by atoms with Crippen LogP contribution in [0, 0.1) is 5.82 Å². The molecule has 0 aromatic heterocycles. The zero-order valence-corrected chi connectivity index (χ0v) is 17.7. The Bertz CT molecular complexity index is 1020. The fourth-order valence-electron chi connectivity index (χ4n) is 3.46. The van der Waals surface area contributed by atoms with Gasteiger partial charge in [0, 0.05) is 32.6 Å². The van der Waals surface area contributed by atoms with Gasteiger partial charge in [-0.05, 0) is 36.2 Å². The smallest absolute Gasteiger partial charge is 0.259 e. The van der Waals surface area contributed by atoms with Crippen LogP contribution in [0.25, 0.3) is 0 Å². The van der Waals surface area contributed by atoms with Crippen molar-refractivity contribution in [1.29, 1.82) is 0 Å². The molecule has 0 radical (unpaired) electrons. The number of carbonyl (C=O) groups is 2. The number of halogens is 1. The summed E-state index contributed by atoms with van der Waals surface area (Å²) in [6.45, 7) is 0.350. The first-order chi connectivity index (χ1) is 14.8. The molecular formula is C21H25FN4O4S. The quantitative estimate of drug-likeness (QED) is 0.617. The van der Waals surface area contributed by atoms with Gasteiger partial charge in [-0.3, -0.25) is 9.59 Å². The third-order valence-corrected chi connectivity index (χ3v) is 6.89. The van der Waals surface area contributed by atoms with Crippen LogP contribution in [0.2, 0.25) is 0 Å². The maximum atomic E-state index is 13.3. The lowest BCUT2D eigenvalue weighted by Gasteiger charge is -2.28. The molecule has 1 atom stereocenters. The zero-order valence-electron chi connectivity index (χ0n) is 16.9. The van der Waals surface area contributed by atoms with Gasteiger partial charge in [0.1, 0.15) is 5.82 Å². The number of carbonyl (C=O) groups excluding carboxylic acids is 2. The largest absolute Gasteiger partial charge is 0.352 e. The molecule has 10 heteroatoms. The standard InChI is InChI=1S/C21H25FN4O4S/c22-17-7-9-18(10-8-17)31(29,30)26-15-14-25(21(26)20(28)24-13-12-23)19(27)11-6-16-4-2-1-3-5-16/h1-5,7-10,21H,6,11-15,23H2,(H,24,28). The molecule has 1 fully saturated rings. The van der Waals surface area contributed by atoms with Crippen molar-refractivity contribution < 1.29 is 22.4 Å². The Morgan fingerprint density at radius 2 is 1.74 bits per heavy atom. The van der Waals surface area contributed by atoms with Crippen molar-refractivity contribution in [1.82, 2.24) is 14.5 Å². The molecule has 2 amide bonds. The highest BCUT2D eigenvalue weighted by Crippen LogP contribution is 2.25. The molecule has 8 nitrogen and oxygen atoms in total. The summed E-state index contributed by atoms with van der Waals surface area (Å²) in [6, 6.07) is 13.8. The predicted molar refractivity (Wildman–Crippen MR) is 113 cm³/mol. The van der Waals surface area contributed by atoms with Gasteiger partial charge in [-0.1, -0.05) is 30.3 Å². The third-order valence-electron chi connectivity index (χ3n) is 5.02. The van der Waals surface area contributed by atoms with E-state index in [0.717, 1.165) is 34.1 Å². The predicted octanol–water partition coefficient (Wildman–Crippen LogP) is 0.692. The number of nitrogens with two attached hydrogens (primary N) is 1. The molecule has 2 aromatic carbocycles. The monoisotopic (exact) mass is 448 g/mol. The fourth-order valence-corrected chi connectivity index (χ4v) is 5.00. The van der Waals surface area contributed by atoms with Crippen LogP contribution in [0.15, 0.2) is 59.5 Å². The highest BCUT2D eigenvalue weighted by molar-refractivity contribution is 7.89. The van der Waals surface area contributed by atoms with Crippen molar-refractivity contribution in [3.63, 3.8) is 0 Å². The summed E-state index contributed by atoms with van der Waals surface area (Å²) >= 11 is 0. The van der Waals surface area contributed by atoms with Crippen LogP contribution < -0.4 is 11.1 Å². The van der Waals surface area contributed by atoms with Gasteiger partial charge < -0.3 is 16.0 Å². The van der Waals surface area contributed by atoms with Crippen LogP contribution in [0.4, 0.5) is 4.39 Å². The van der Waals surface area contributed by atoms with Crippen molar-refractivity contribution in [3.05, 3.63) is 66.0 Å². The minimum atomic E-state index is -4.13. The SMILES string of the molecule is NCCNC(=O)C1N(C(=O)CCc2ccccc2)CCN1S(=O)(=O)c1ccc(F)cc1. The Kier molecular flexibility index (Phi) is 7.37. The van der Waals surface area contributed by atoms with Crippen molar-refractivity contribution in [3.8, 4) is 0 Å². The van der Waals surface area contributed by atoms with E-state index in [4.69, 9.17) is 5.73 Å². The van der Waals surface area contributed by atoms with Gasteiger partial charge in [0.25, 0.3) is 5.91 Å². The number of hydrogen-bond acceptors (Lipinski definition) is 5. The molecule has 1 unspecified atom stereocenters. The number of aryl methyl sites for hydroxylation is 1. The molecule has 1 heterocycles. The number of nitrogens with one attached hydrogen (secondary N) is 1. The van der Waals surface area contributed by atoms with Crippen LogP contribution in [-0.2, 0) is 26.0 Å². The van der Waals surface area contributed by atoms with Crippen LogP contribution >= 0.6 is 0 Å². The van der Waals surface area contributed by atoms with Gasteiger partial charge in [-0.15, -0.1) is 0 Å². The molecule has 2 aromatic rings. The first kappa shape index (κ1) is 22.9. The molecule has 0 bridgehead atoms. The molecule has 0 aliphatic carbocycles. The van der Waals surface area contributed by atoms with E-state index in [1.807, 2.05) is 30.3 Å². The van der Waals surface area contributed by atoms with E-state index in [2.05, 4.69) is 5.32 Å². The van der Waals surface area contributed by atoms with Gasteiger partial charge in [0.15, 0.2) is 6.17 Å². The second kappa shape index (κ2) is 9.99. The van der Waals surface area contributed by atoms with Gasteiger partial charge in [0.2, 0.25) is 15.9 Å². The zero-order chi connectivity index (χ0) is 22.4. The molecule has 3 N–H and O–H groups in total. The van der Waals surface area contributed by atoms with Gasteiger partial charge in [-0.25, -0.2) is 12.8 Å². The van der Waals surface area contributed by atoms with E-state index >= 15 is 0 Å². The first-order valence-corrected chi connectivity index (χ1v) is 11.4. The number of rotatable bonds is 8. The summed E-state index contributed by atoms with van der Waals surface area (Å²) in [7, 11) is -4.13. The highest BCUT2D eigenvalue weighted by atomic mass is 32.2. The maximum absolute atomic E-state index is 13.3. The van der Waals surface area contributed by atoms with Crippen LogP contribution in [0.1, 0.15) is 12.0 Å². The number of sulfonamides is 1. The molecular weight excluding hydrogens is 423 g/mol. The fraction of sp³-hybridized carbons (Fsp3) is 0.333. The Morgan fingerprint density at radius 1 is 1.06 bits per heavy atom. The summed E-state index contributed by atoms with van der Waals surface area (Å²) in [5.41, 5.74) is 6.41. The van der Waals surface area contributed by atoms with E-state index in [1.165, 1.54) is 4.90 Å². The first-order valence-electron chi connectivity index (χ1n) is 9.93. The van der Waals surface area contributed by atoms with E-state index in [1.54, 1.807) is 0 Å². The second-order valence-corrected chi connectivity index (χ2v) is 8.99. The number of hydrogen-bond donors (Lipinski definition) is 2. The molecule has 1 aliphatic rings. The molecule has 31 heavy (non-hydrogen) atoms. The number of amides is 2. The van der Waals surface area contributed by atoms with Crippen LogP contribution in [0.5, 0.6) is 0 Å². The van der Waals surface area contributed by atoms with Gasteiger partial charge >= 0.3 is 0 Å². The highest BCUT2D eigenvalue weighted by Gasteiger charge is 2.46. The summed E-state index contributed by atoms with van der Waals surface area (Å²) in [5, 5.41) is 2.57. The third kappa shape index (κ3) is 5.27. The molecule has 166 valence electrons. The topological polar surface area (TPSA) is 113 Å². The number of benzene rings is 2. The Hall–Kier alpha value is -2.82. The van der Waals surface area contributed by atoms with Crippen molar-refractivity contribution in [2.45, 2.75) is 23.9 Å². The average Bonchev–Trinajstić information content (AvgIpc) is 3.23. The summed E-state index contributed by atoms with van der Waals surface area (Å²) in [5.74, 6) is -1.52. The lowest BCUT2D eigenvalue weighted by Crippen LogP contribution is -2.54. The summed E-state index contributed by atoms with van der Waals surface area (Å²) < 4.78 is 40.5. The summed E-state index contributed by atoms with van der Waals surface area (Å²) in [4.78, 5) is 26.8. The molecule has 0 spiro atoms. The van der Waals surface area contributed by atoms with E-state index in [-0.39, 0.29) is 43.4 Å². The van der Waals surface area contributed by atoms with E-state index in [9.17, 15) is 22.4 Å². The number of nitrogens with zero attached hydrogens (tertiary/aromatic N) is 2. The Labute approximate surface area is 180 Å². The second-order valence-electron chi connectivity index (χ2n) is 7.10.